The molecule has 0 amide bonds. The molecule has 3 heteroatoms. The summed E-state index contributed by atoms with van der Waals surface area (Å²) >= 11 is 1.92. The lowest BCUT2D eigenvalue weighted by Crippen LogP contribution is -2.28. The molecule has 1 atom stereocenters. The quantitative estimate of drug-likeness (QED) is 0.726. The predicted octanol–water partition coefficient (Wildman–Crippen LogP) is 3.91. The molecule has 1 heterocycles. The van der Waals surface area contributed by atoms with Gasteiger partial charge in [-0.2, -0.15) is 0 Å². The third-order valence-electron chi connectivity index (χ3n) is 4.12. The zero-order chi connectivity index (χ0) is 13.5. The van der Waals surface area contributed by atoms with Crippen LogP contribution in [0.1, 0.15) is 49.4 Å². The Labute approximate surface area is 122 Å². The number of rotatable bonds is 8. The lowest BCUT2D eigenvalue weighted by molar-refractivity contribution is 0.355. The highest BCUT2D eigenvalue weighted by Crippen LogP contribution is 2.37. The molecule has 0 aromatic carbocycles. The third kappa shape index (κ3) is 4.90. The molecule has 1 aromatic heterocycles. The Hall–Kier alpha value is -0.380. The normalized spacial score (nSPS) is 18.3. The molecule has 108 valence electrons. The largest absolute Gasteiger partial charge is 0.309 e. The zero-order valence-electron chi connectivity index (χ0n) is 12.4. The number of unbranched alkanes of at least 4 members (excludes halogenated alkanes) is 1. The Kier molecular flexibility index (Phi) is 6.35. The van der Waals surface area contributed by atoms with E-state index in [-0.39, 0.29) is 0 Å². The standard InChI is InChI=1S/C16H28N2S/c1-18(2)12-6-5-11-17-16(14-8-3-4-9-14)15-10-7-13-19-15/h7,10,13-14,16-17H,3-6,8-9,11-12H2,1-2H3. The van der Waals surface area contributed by atoms with E-state index in [1.54, 1.807) is 4.88 Å². The van der Waals surface area contributed by atoms with Crippen molar-refractivity contribution in [3.8, 4) is 0 Å². The molecule has 0 spiro atoms. The van der Waals surface area contributed by atoms with Crippen LogP contribution in [0.5, 0.6) is 0 Å². The molecule has 19 heavy (non-hydrogen) atoms. The fourth-order valence-corrected chi connectivity index (χ4v) is 3.96. The predicted molar refractivity (Wildman–Crippen MR) is 84.8 cm³/mol. The van der Waals surface area contributed by atoms with E-state index in [1.807, 2.05) is 11.3 Å². The first-order valence-corrected chi connectivity index (χ1v) is 8.57. The summed E-state index contributed by atoms with van der Waals surface area (Å²) in [4.78, 5) is 3.81. The van der Waals surface area contributed by atoms with Gasteiger partial charge in [-0.05, 0) is 70.2 Å². The fourth-order valence-electron chi connectivity index (χ4n) is 3.07. The number of thiophene rings is 1. The average Bonchev–Trinajstić information content (AvgIpc) is 3.06. The molecule has 0 aliphatic heterocycles. The van der Waals surface area contributed by atoms with Crippen LogP contribution in [0.3, 0.4) is 0 Å². The lowest BCUT2D eigenvalue weighted by Gasteiger charge is -2.24. The Balaban J connectivity index is 1.78. The summed E-state index contributed by atoms with van der Waals surface area (Å²) in [6, 6.07) is 5.11. The van der Waals surface area contributed by atoms with E-state index in [4.69, 9.17) is 0 Å². The van der Waals surface area contributed by atoms with Gasteiger partial charge in [-0.25, -0.2) is 0 Å². The van der Waals surface area contributed by atoms with E-state index in [1.165, 1.54) is 45.1 Å². The maximum absolute atomic E-state index is 3.83. The summed E-state index contributed by atoms with van der Waals surface area (Å²) in [6.07, 6.45) is 8.25. The van der Waals surface area contributed by atoms with Crippen LogP contribution in [-0.2, 0) is 0 Å². The summed E-state index contributed by atoms with van der Waals surface area (Å²) < 4.78 is 0. The Morgan fingerprint density at radius 1 is 1.32 bits per heavy atom. The highest BCUT2D eigenvalue weighted by atomic mass is 32.1. The first kappa shape index (κ1) is 15.0. The molecule has 0 radical (unpaired) electrons. The van der Waals surface area contributed by atoms with Gasteiger partial charge >= 0.3 is 0 Å². The first-order valence-electron chi connectivity index (χ1n) is 7.69. The van der Waals surface area contributed by atoms with E-state index in [0.29, 0.717) is 6.04 Å². The minimum Gasteiger partial charge on any atom is -0.309 e. The topological polar surface area (TPSA) is 15.3 Å². The fraction of sp³-hybridized carbons (Fsp3) is 0.750. The molecule has 1 aliphatic carbocycles. The molecule has 2 nitrogen and oxygen atoms in total. The Bertz CT molecular complexity index is 329. The molecule has 1 unspecified atom stereocenters. The molecule has 1 saturated carbocycles. The van der Waals surface area contributed by atoms with E-state index in [2.05, 4.69) is 41.8 Å². The maximum atomic E-state index is 3.83. The monoisotopic (exact) mass is 280 g/mol. The van der Waals surface area contributed by atoms with Gasteiger partial charge in [0.15, 0.2) is 0 Å². The highest BCUT2D eigenvalue weighted by molar-refractivity contribution is 7.10. The van der Waals surface area contributed by atoms with Crippen LogP contribution in [0.2, 0.25) is 0 Å². The molecule has 0 bridgehead atoms. The minimum absolute atomic E-state index is 0.613. The van der Waals surface area contributed by atoms with Crippen molar-refractivity contribution in [2.75, 3.05) is 27.2 Å². The van der Waals surface area contributed by atoms with Gasteiger partial charge in [0.2, 0.25) is 0 Å². The van der Waals surface area contributed by atoms with Crippen LogP contribution in [0, 0.1) is 5.92 Å². The second kappa shape index (κ2) is 8.03. The molecule has 2 rings (SSSR count). The third-order valence-corrected chi connectivity index (χ3v) is 5.07. The summed E-state index contributed by atoms with van der Waals surface area (Å²) in [5.41, 5.74) is 0. The Morgan fingerprint density at radius 3 is 2.74 bits per heavy atom. The second-order valence-corrected chi connectivity index (χ2v) is 6.98. The summed E-state index contributed by atoms with van der Waals surface area (Å²) in [7, 11) is 4.31. The second-order valence-electron chi connectivity index (χ2n) is 6.00. The van der Waals surface area contributed by atoms with E-state index >= 15 is 0 Å². The van der Waals surface area contributed by atoms with Gasteiger partial charge in [0.25, 0.3) is 0 Å². The molecule has 1 N–H and O–H groups in total. The van der Waals surface area contributed by atoms with Gasteiger partial charge in [-0.15, -0.1) is 11.3 Å². The van der Waals surface area contributed by atoms with E-state index < -0.39 is 0 Å². The van der Waals surface area contributed by atoms with Crippen molar-refractivity contribution >= 4 is 11.3 Å². The highest BCUT2D eigenvalue weighted by Gasteiger charge is 2.26. The van der Waals surface area contributed by atoms with E-state index in [0.717, 1.165) is 12.5 Å². The summed E-state index contributed by atoms with van der Waals surface area (Å²) in [5, 5.41) is 6.04. The van der Waals surface area contributed by atoms with Crippen LogP contribution in [0.15, 0.2) is 17.5 Å². The van der Waals surface area contributed by atoms with Crippen molar-refractivity contribution in [3.05, 3.63) is 22.4 Å². The molecular formula is C16H28N2S. The van der Waals surface area contributed by atoms with Crippen molar-refractivity contribution in [1.82, 2.24) is 10.2 Å². The maximum Gasteiger partial charge on any atom is 0.0443 e. The number of hydrogen-bond acceptors (Lipinski definition) is 3. The lowest BCUT2D eigenvalue weighted by atomic mass is 9.96. The van der Waals surface area contributed by atoms with Gasteiger partial charge in [0, 0.05) is 10.9 Å². The summed E-state index contributed by atoms with van der Waals surface area (Å²) in [6.45, 7) is 2.36. The number of nitrogens with zero attached hydrogens (tertiary/aromatic N) is 1. The van der Waals surface area contributed by atoms with Gasteiger partial charge in [-0.1, -0.05) is 18.9 Å². The minimum atomic E-state index is 0.613. The molecule has 1 aliphatic rings. The van der Waals surface area contributed by atoms with Crippen LogP contribution in [-0.4, -0.2) is 32.1 Å². The first-order chi connectivity index (χ1) is 9.27. The molecular weight excluding hydrogens is 252 g/mol. The average molecular weight is 280 g/mol. The smallest absolute Gasteiger partial charge is 0.0443 e. The van der Waals surface area contributed by atoms with E-state index in [9.17, 15) is 0 Å². The van der Waals surface area contributed by atoms with Crippen molar-refractivity contribution < 1.29 is 0 Å². The number of nitrogens with one attached hydrogen (secondary N) is 1. The van der Waals surface area contributed by atoms with Gasteiger partial charge in [0.1, 0.15) is 0 Å². The zero-order valence-corrected chi connectivity index (χ0v) is 13.2. The Morgan fingerprint density at radius 2 is 2.11 bits per heavy atom. The van der Waals surface area contributed by atoms with Crippen molar-refractivity contribution in [1.29, 1.82) is 0 Å². The van der Waals surface area contributed by atoms with Crippen LogP contribution < -0.4 is 5.32 Å². The van der Waals surface area contributed by atoms with Gasteiger partial charge in [-0.3, -0.25) is 0 Å². The van der Waals surface area contributed by atoms with Crippen molar-refractivity contribution in [2.45, 2.75) is 44.6 Å². The van der Waals surface area contributed by atoms with Crippen LogP contribution in [0.25, 0.3) is 0 Å². The van der Waals surface area contributed by atoms with Crippen molar-refractivity contribution in [2.24, 2.45) is 5.92 Å². The van der Waals surface area contributed by atoms with Gasteiger partial charge in [0.05, 0.1) is 0 Å². The van der Waals surface area contributed by atoms with Gasteiger partial charge < -0.3 is 10.2 Å². The van der Waals surface area contributed by atoms with Crippen LogP contribution in [0.4, 0.5) is 0 Å². The van der Waals surface area contributed by atoms with Crippen molar-refractivity contribution in [3.63, 3.8) is 0 Å². The SMILES string of the molecule is CN(C)CCCCNC(c1cccs1)C1CCCC1. The van der Waals surface area contributed by atoms with Crippen LogP contribution >= 0.6 is 11.3 Å². The molecule has 1 fully saturated rings. The molecule has 1 aromatic rings. The summed E-state index contributed by atoms with van der Waals surface area (Å²) in [5.74, 6) is 0.868. The number of hydrogen-bond donors (Lipinski definition) is 1. The molecule has 0 saturated heterocycles.